The van der Waals surface area contributed by atoms with E-state index in [0.717, 1.165) is 5.56 Å². The molecule has 6 nitrogen and oxygen atoms in total. The predicted molar refractivity (Wildman–Crippen MR) is 119 cm³/mol. The number of para-hydroxylation sites is 1. The van der Waals surface area contributed by atoms with Gasteiger partial charge in [0, 0.05) is 16.4 Å². The maximum Gasteiger partial charge on any atom is 0.265 e. The topological polar surface area (TPSA) is 84.5 Å². The Morgan fingerprint density at radius 3 is 2.27 bits per heavy atom. The Hall–Kier alpha value is -3.03. The third-order valence-electron chi connectivity index (χ3n) is 4.27. The quantitative estimate of drug-likeness (QED) is 0.545. The van der Waals surface area contributed by atoms with E-state index in [1.807, 2.05) is 6.92 Å². The van der Waals surface area contributed by atoms with Crippen molar-refractivity contribution in [3.05, 3.63) is 83.4 Å². The van der Waals surface area contributed by atoms with E-state index in [0.29, 0.717) is 22.1 Å². The maximum absolute atomic E-state index is 12.5. The average molecular weight is 445 g/mol. The molecule has 8 heteroatoms. The van der Waals surface area contributed by atoms with Crippen molar-refractivity contribution in [1.82, 2.24) is 0 Å². The highest BCUT2D eigenvalue weighted by molar-refractivity contribution is 7.92. The van der Waals surface area contributed by atoms with Crippen LogP contribution < -0.4 is 14.8 Å². The van der Waals surface area contributed by atoms with Crippen molar-refractivity contribution in [2.75, 3.05) is 10.0 Å². The molecule has 3 aromatic carbocycles. The van der Waals surface area contributed by atoms with Crippen LogP contribution in [0.4, 0.5) is 11.4 Å². The van der Waals surface area contributed by atoms with Crippen LogP contribution in [-0.2, 0) is 14.8 Å². The molecule has 0 spiro atoms. The Kier molecular flexibility index (Phi) is 6.64. The van der Waals surface area contributed by atoms with Crippen LogP contribution >= 0.6 is 11.6 Å². The molecule has 1 unspecified atom stereocenters. The number of rotatable bonds is 7. The highest BCUT2D eigenvalue weighted by Crippen LogP contribution is 2.22. The molecule has 0 aliphatic heterocycles. The third kappa shape index (κ3) is 5.52. The Bertz CT molecular complexity index is 1130. The Labute approximate surface area is 180 Å². The smallest absolute Gasteiger partial charge is 0.265 e. The fourth-order valence-corrected chi connectivity index (χ4v) is 3.81. The largest absolute Gasteiger partial charge is 0.481 e. The summed E-state index contributed by atoms with van der Waals surface area (Å²) in [6.45, 7) is 3.48. The first-order chi connectivity index (χ1) is 14.2. The minimum Gasteiger partial charge on any atom is -0.481 e. The average Bonchev–Trinajstić information content (AvgIpc) is 2.71. The summed E-state index contributed by atoms with van der Waals surface area (Å²) >= 11 is 6.00. The van der Waals surface area contributed by atoms with E-state index < -0.39 is 16.1 Å². The number of hydrogen-bond donors (Lipinski definition) is 2. The second-order valence-corrected chi connectivity index (χ2v) is 8.75. The lowest BCUT2D eigenvalue weighted by Crippen LogP contribution is -2.30. The molecular weight excluding hydrogens is 424 g/mol. The second-order valence-electron chi connectivity index (χ2n) is 6.66. The lowest BCUT2D eigenvalue weighted by Gasteiger charge is -2.15. The van der Waals surface area contributed by atoms with E-state index in [1.54, 1.807) is 55.5 Å². The molecule has 1 atom stereocenters. The van der Waals surface area contributed by atoms with Crippen LogP contribution in [0.3, 0.4) is 0 Å². The predicted octanol–water partition coefficient (Wildman–Crippen LogP) is 4.86. The van der Waals surface area contributed by atoms with Gasteiger partial charge in [-0.05, 0) is 74.0 Å². The summed E-state index contributed by atoms with van der Waals surface area (Å²) in [6, 6.07) is 19.7. The number of benzene rings is 3. The molecule has 0 aliphatic rings. The molecule has 156 valence electrons. The monoisotopic (exact) mass is 444 g/mol. The van der Waals surface area contributed by atoms with Gasteiger partial charge in [0.2, 0.25) is 0 Å². The summed E-state index contributed by atoms with van der Waals surface area (Å²) in [7, 11) is -3.72. The normalized spacial score (nSPS) is 12.1. The van der Waals surface area contributed by atoms with Gasteiger partial charge in [-0.2, -0.15) is 0 Å². The highest BCUT2D eigenvalue weighted by atomic mass is 35.5. The summed E-state index contributed by atoms with van der Waals surface area (Å²) in [6.07, 6.45) is -0.756. The maximum atomic E-state index is 12.5. The van der Waals surface area contributed by atoms with Gasteiger partial charge in [0.05, 0.1) is 4.90 Å². The molecule has 0 aromatic heterocycles. The van der Waals surface area contributed by atoms with Crippen molar-refractivity contribution >= 4 is 38.9 Å². The van der Waals surface area contributed by atoms with E-state index in [1.165, 1.54) is 24.3 Å². The number of ether oxygens (including phenoxy) is 1. The van der Waals surface area contributed by atoms with Gasteiger partial charge >= 0.3 is 0 Å². The van der Waals surface area contributed by atoms with E-state index in [-0.39, 0.29) is 10.8 Å². The minimum atomic E-state index is -3.72. The molecule has 0 aliphatic carbocycles. The van der Waals surface area contributed by atoms with Crippen molar-refractivity contribution in [3.63, 3.8) is 0 Å². The molecule has 2 N–H and O–H groups in total. The molecule has 0 bridgehead atoms. The first kappa shape index (κ1) is 21.7. The number of amides is 1. The van der Waals surface area contributed by atoms with Gasteiger partial charge in [0.25, 0.3) is 15.9 Å². The molecule has 0 radical (unpaired) electrons. The molecule has 3 rings (SSSR count). The standard InChI is InChI=1S/C22H21ClN2O4S/c1-15-14-19(10-13-21(15)23)29-16(2)22(26)24-17-8-11-20(12-9-17)30(27,28)25-18-6-4-3-5-7-18/h3-14,16,25H,1-2H3,(H,24,26). The number of halogens is 1. The van der Waals surface area contributed by atoms with Gasteiger partial charge in [0.1, 0.15) is 5.75 Å². The summed E-state index contributed by atoms with van der Waals surface area (Å²) in [4.78, 5) is 12.5. The van der Waals surface area contributed by atoms with Crippen LogP contribution in [0.1, 0.15) is 12.5 Å². The number of carbonyl (C=O) groups excluding carboxylic acids is 1. The van der Waals surface area contributed by atoms with Crippen LogP contribution in [0.5, 0.6) is 5.75 Å². The molecule has 0 heterocycles. The fourth-order valence-electron chi connectivity index (χ4n) is 2.63. The summed E-state index contributed by atoms with van der Waals surface area (Å²) < 4.78 is 33.1. The van der Waals surface area contributed by atoms with Crippen LogP contribution in [0, 0.1) is 6.92 Å². The first-order valence-electron chi connectivity index (χ1n) is 9.16. The van der Waals surface area contributed by atoms with Crippen LogP contribution in [0.15, 0.2) is 77.7 Å². The minimum absolute atomic E-state index is 0.0882. The first-order valence-corrected chi connectivity index (χ1v) is 11.0. The number of nitrogens with one attached hydrogen (secondary N) is 2. The van der Waals surface area contributed by atoms with Gasteiger partial charge in [-0.3, -0.25) is 9.52 Å². The molecule has 0 saturated heterocycles. The van der Waals surface area contributed by atoms with E-state index in [4.69, 9.17) is 16.3 Å². The summed E-state index contributed by atoms with van der Waals surface area (Å²) in [5.74, 6) is 0.175. The van der Waals surface area contributed by atoms with Crippen LogP contribution in [0.2, 0.25) is 5.02 Å². The van der Waals surface area contributed by atoms with Crippen molar-refractivity contribution < 1.29 is 17.9 Å². The zero-order valence-electron chi connectivity index (χ0n) is 16.4. The zero-order valence-corrected chi connectivity index (χ0v) is 18.0. The van der Waals surface area contributed by atoms with Crippen molar-refractivity contribution in [1.29, 1.82) is 0 Å². The van der Waals surface area contributed by atoms with Crippen LogP contribution in [-0.4, -0.2) is 20.4 Å². The van der Waals surface area contributed by atoms with Gasteiger partial charge in [-0.15, -0.1) is 0 Å². The highest BCUT2D eigenvalue weighted by Gasteiger charge is 2.17. The number of carbonyl (C=O) groups is 1. The summed E-state index contributed by atoms with van der Waals surface area (Å²) in [5, 5.41) is 3.33. The number of hydrogen-bond acceptors (Lipinski definition) is 4. The lowest BCUT2D eigenvalue weighted by atomic mass is 10.2. The molecular formula is C22H21ClN2O4S. The van der Waals surface area contributed by atoms with E-state index in [2.05, 4.69) is 10.0 Å². The van der Waals surface area contributed by atoms with E-state index in [9.17, 15) is 13.2 Å². The van der Waals surface area contributed by atoms with Crippen molar-refractivity contribution in [2.45, 2.75) is 24.8 Å². The second kappa shape index (κ2) is 9.19. The molecule has 0 fully saturated rings. The fraction of sp³-hybridized carbons (Fsp3) is 0.136. The molecule has 1 amide bonds. The van der Waals surface area contributed by atoms with Gasteiger partial charge in [0.15, 0.2) is 6.10 Å². The molecule has 0 saturated carbocycles. The number of anilines is 2. The molecule has 30 heavy (non-hydrogen) atoms. The van der Waals surface area contributed by atoms with Crippen molar-refractivity contribution in [3.8, 4) is 5.75 Å². The van der Waals surface area contributed by atoms with Gasteiger partial charge in [-0.25, -0.2) is 8.42 Å². The Morgan fingerprint density at radius 1 is 0.967 bits per heavy atom. The SMILES string of the molecule is Cc1cc(OC(C)C(=O)Nc2ccc(S(=O)(=O)Nc3ccccc3)cc2)ccc1Cl. The Balaban J connectivity index is 1.63. The third-order valence-corrected chi connectivity index (χ3v) is 6.09. The van der Waals surface area contributed by atoms with Crippen LogP contribution in [0.25, 0.3) is 0 Å². The number of aryl methyl sites for hydroxylation is 1. The van der Waals surface area contributed by atoms with Crippen molar-refractivity contribution in [2.24, 2.45) is 0 Å². The lowest BCUT2D eigenvalue weighted by molar-refractivity contribution is -0.122. The molecule has 3 aromatic rings. The number of sulfonamides is 1. The zero-order chi connectivity index (χ0) is 21.7. The van der Waals surface area contributed by atoms with Gasteiger partial charge in [-0.1, -0.05) is 29.8 Å². The van der Waals surface area contributed by atoms with Gasteiger partial charge < -0.3 is 10.1 Å². The Morgan fingerprint density at radius 2 is 1.63 bits per heavy atom. The van der Waals surface area contributed by atoms with E-state index >= 15 is 0 Å². The summed E-state index contributed by atoms with van der Waals surface area (Å²) in [5.41, 5.74) is 1.78.